The number of nitrogens with zero attached hydrogens (tertiary/aromatic N) is 3. The van der Waals surface area contributed by atoms with E-state index >= 15 is 0 Å². The Morgan fingerprint density at radius 3 is 3.00 bits per heavy atom. The zero-order valence-corrected chi connectivity index (χ0v) is 11.5. The van der Waals surface area contributed by atoms with Gasteiger partial charge in [-0.15, -0.1) is 11.3 Å². The second kappa shape index (κ2) is 5.85. The van der Waals surface area contributed by atoms with Crippen LogP contribution in [-0.2, 0) is 6.42 Å². The molecule has 18 heavy (non-hydrogen) atoms. The monoisotopic (exact) mass is 277 g/mol. The first-order chi connectivity index (χ1) is 8.72. The summed E-state index contributed by atoms with van der Waals surface area (Å²) in [5.74, 6) is 0.660. The third-order valence-electron chi connectivity index (χ3n) is 2.63. The summed E-state index contributed by atoms with van der Waals surface area (Å²) in [6, 6.07) is 7.84. The van der Waals surface area contributed by atoms with Gasteiger partial charge in [0.1, 0.15) is 16.9 Å². The van der Waals surface area contributed by atoms with Crippen LogP contribution in [0.3, 0.4) is 0 Å². The summed E-state index contributed by atoms with van der Waals surface area (Å²) in [4.78, 5) is 7.54. The molecule has 2 heterocycles. The molecule has 2 rings (SSSR count). The highest BCUT2D eigenvalue weighted by Crippen LogP contribution is 2.25. The molecule has 0 saturated heterocycles. The second-order valence-corrected chi connectivity index (χ2v) is 5.27. The quantitative estimate of drug-likeness (QED) is 0.860. The van der Waals surface area contributed by atoms with Crippen LogP contribution < -0.4 is 4.90 Å². The van der Waals surface area contributed by atoms with Gasteiger partial charge < -0.3 is 4.90 Å². The van der Waals surface area contributed by atoms with Crippen molar-refractivity contribution in [2.75, 3.05) is 18.5 Å². The molecule has 0 spiro atoms. The second-order valence-electron chi connectivity index (χ2n) is 3.86. The summed E-state index contributed by atoms with van der Waals surface area (Å²) in [6.07, 6.45) is 2.56. The van der Waals surface area contributed by atoms with Crippen LogP contribution in [0.5, 0.6) is 0 Å². The van der Waals surface area contributed by atoms with Crippen LogP contribution in [0.25, 0.3) is 0 Å². The molecule has 0 N–H and O–H groups in total. The summed E-state index contributed by atoms with van der Waals surface area (Å²) in [7, 11) is 1.93. The molecule has 0 aliphatic rings. The van der Waals surface area contributed by atoms with Gasteiger partial charge in [-0.3, -0.25) is 0 Å². The maximum atomic E-state index is 8.93. The van der Waals surface area contributed by atoms with Crippen LogP contribution in [0.15, 0.2) is 29.8 Å². The Labute approximate surface area is 115 Å². The summed E-state index contributed by atoms with van der Waals surface area (Å²) in [6.45, 7) is 0.822. The molecular formula is C13H12ClN3S. The molecule has 3 nitrogen and oxygen atoms in total. The van der Waals surface area contributed by atoms with E-state index in [9.17, 15) is 0 Å². The SMILES string of the molecule is CN(CCc1cccs1)c1nccc(C#N)c1Cl. The Morgan fingerprint density at radius 1 is 1.50 bits per heavy atom. The van der Waals surface area contributed by atoms with Crippen molar-refractivity contribution in [3.05, 3.63) is 45.2 Å². The average Bonchev–Trinajstić information content (AvgIpc) is 2.89. The van der Waals surface area contributed by atoms with E-state index in [1.54, 1.807) is 23.6 Å². The molecule has 0 fully saturated rings. The van der Waals surface area contributed by atoms with E-state index in [0.717, 1.165) is 13.0 Å². The van der Waals surface area contributed by atoms with Crippen molar-refractivity contribution >= 4 is 28.8 Å². The van der Waals surface area contributed by atoms with Gasteiger partial charge in [0.15, 0.2) is 0 Å². The van der Waals surface area contributed by atoms with E-state index in [4.69, 9.17) is 16.9 Å². The van der Waals surface area contributed by atoms with Gasteiger partial charge in [0.2, 0.25) is 0 Å². The van der Waals surface area contributed by atoms with Crippen molar-refractivity contribution in [2.24, 2.45) is 0 Å². The molecule has 2 aromatic heterocycles. The fraction of sp³-hybridized carbons (Fsp3) is 0.231. The lowest BCUT2D eigenvalue weighted by molar-refractivity contribution is 0.869. The first-order valence-electron chi connectivity index (χ1n) is 5.50. The lowest BCUT2D eigenvalue weighted by Gasteiger charge is -2.19. The molecule has 0 amide bonds. The predicted octanol–water partition coefficient (Wildman–Crippen LogP) is 3.35. The zero-order chi connectivity index (χ0) is 13.0. The van der Waals surface area contributed by atoms with Crippen molar-refractivity contribution in [3.8, 4) is 6.07 Å². The molecule has 0 aliphatic heterocycles. The summed E-state index contributed by atoms with van der Waals surface area (Å²) < 4.78 is 0. The maximum absolute atomic E-state index is 8.93. The molecule has 0 radical (unpaired) electrons. The predicted molar refractivity (Wildman–Crippen MR) is 75.3 cm³/mol. The fourth-order valence-electron chi connectivity index (χ4n) is 1.62. The minimum Gasteiger partial charge on any atom is -0.358 e. The van der Waals surface area contributed by atoms with E-state index in [0.29, 0.717) is 16.4 Å². The van der Waals surface area contributed by atoms with Crippen LogP contribution in [0.1, 0.15) is 10.4 Å². The van der Waals surface area contributed by atoms with E-state index in [1.165, 1.54) is 4.88 Å². The van der Waals surface area contributed by atoms with E-state index in [-0.39, 0.29) is 0 Å². The third kappa shape index (κ3) is 2.81. The number of hydrogen-bond donors (Lipinski definition) is 0. The van der Waals surface area contributed by atoms with Gasteiger partial charge in [0.25, 0.3) is 0 Å². The van der Waals surface area contributed by atoms with Crippen molar-refractivity contribution < 1.29 is 0 Å². The van der Waals surface area contributed by atoms with Crippen molar-refractivity contribution in [1.82, 2.24) is 4.98 Å². The molecule has 0 unspecified atom stereocenters. The van der Waals surface area contributed by atoms with Crippen molar-refractivity contribution in [3.63, 3.8) is 0 Å². The van der Waals surface area contributed by atoms with Gasteiger partial charge in [0.05, 0.1) is 5.56 Å². The number of pyridine rings is 1. The fourth-order valence-corrected chi connectivity index (χ4v) is 2.62. The summed E-state index contributed by atoms with van der Waals surface area (Å²) >= 11 is 7.88. The van der Waals surface area contributed by atoms with E-state index in [1.807, 2.05) is 18.0 Å². The smallest absolute Gasteiger partial charge is 0.148 e. The molecule has 0 saturated carbocycles. The standard InChI is InChI=1S/C13H12ClN3S/c1-17(7-5-11-3-2-8-18-11)13-12(14)10(9-15)4-6-16-13/h2-4,6,8H,5,7H2,1H3. The Morgan fingerprint density at radius 2 is 2.33 bits per heavy atom. The van der Waals surface area contributed by atoms with Gasteiger partial charge in [-0.2, -0.15) is 5.26 Å². The van der Waals surface area contributed by atoms with Gasteiger partial charge in [-0.1, -0.05) is 17.7 Å². The van der Waals surface area contributed by atoms with Gasteiger partial charge in [0, 0.05) is 24.7 Å². The molecule has 0 atom stereocenters. The van der Waals surface area contributed by atoms with Gasteiger partial charge >= 0.3 is 0 Å². The van der Waals surface area contributed by atoms with Crippen LogP contribution in [0.4, 0.5) is 5.82 Å². The molecule has 5 heteroatoms. The van der Waals surface area contributed by atoms with Crippen molar-refractivity contribution in [1.29, 1.82) is 5.26 Å². The highest BCUT2D eigenvalue weighted by atomic mass is 35.5. The molecule has 0 bridgehead atoms. The van der Waals surface area contributed by atoms with Crippen LogP contribution in [-0.4, -0.2) is 18.6 Å². The van der Waals surface area contributed by atoms with E-state index in [2.05, 4.69) is 22.5 Å². The number of rotatable bonds is 4. The number of halogens is 1. The normalized spacial score (nSPS) is 10.1. The molecule has 0 aliphatic carbocycles. The van der Waals surface area contributed by atoms with E-state index < -0.39 is 0 Å². The zero-order valence-electron chi connectivity index (χ0n) is 9.93. The van der Waals surface area contributed by atoms with Crippen LogP contribution >= 0.6 is 22.9 Å². The number of thiophene rings is 1. The van der Waals surface area contributed by atoms with Gasteiger partial charge in [-0.05, 0) is 23.9 Å². The number of likely N-dealkylation sites (N-methyl/N-ethyl adjacent to an activating group) is 1. The molecule has 92 valence electrons. The first kappa shape index (κ1) is 12.9. The number of aromatic nitrogens is 1. The van der Waals surface area contributed by atoms with Crippen LogP contribution in [0, 0.1) is 11.3 Å². The lowest BCUT2D eigenvalue weighted by Crippen LogP contribution is -2.21. The topological polar surface area (TPSA) is 39.9 Å². The molecule has 0 aromatic carbocycles. The Kier molecular flexibility index (Phi) is 4.19. The maximum Gasteiger partial charge on any atom is 0.148 e. The Hall–Kier alpha value is -1.57. The molecule has 2 aromatic rings. The number of nitriles is 1. The number of hydrogen-bond acceptors (Lipinski definition) is 4. The lowest BCUT2D eigenvalue weighted by atomic mass is 10.2. The van der Waals surface area contributed by atoms with Crippen molar-refractivity contribution in [2.45, 2.75) is 6.42 Å². The van der Waals surface area contributed by atoms with Crippen LogP contribution in [0.2, 0.25) is 5.02 Å². The minimum atomic E-state index is 0.425. The largest absolute Gasteiger partial charge is 0.358 e. The third-order valence-corrected chi connectivity index (χ3v) is 3.94. The number of anilines is 1. The Bertz CT molecular complexity index is 560. The van der Waals surface area contributed by atoms with Gasteiger partial charge in [-0.25, -0.2) is 4.98 Å². The average molecular weight is 278 g/mol. The Balaban J connectivity index is 2.09. The highest BCUT2D eigenvalue weighted by Gasteiger charge is 2.11. The molecular weight excluding hydrogens is 266 g/mol. The summed E-state index contributed by atoms with van der Waals surface area (Å²) in [5, 5.41) is 11.4. The minimum absolute atomic E-state index is 0.425. The first-order valence-corrected chi connectivity index (χ1v) is 6.76. The highest BCUT2D eigenvalue weighted by molar-refractivity contribution is 7.09. The summed E-state index contributed by atoms with van der Waals surface area (Å²) in [5.41, 5.74) is 0.463.